The van der Waals surface area contributed by atoms with Crippen molar-refractivity contribution in [3.8, 4) is 0 Å². The summed E-state index contributed by atoms with van der Waals surface area (Å²) in [5.74, 6) is 1.00. The summed E-state index contributed by atoms with van der Waals surface area (Å²) < 4.78 is 2.01. The fourth-order valence-electron chi connectivity index (χ4n) is 3.44. The Morgan fingerprint density at radius 3 is 2.78 bits per heavy atom. The van der Waals surface area contributed by atoms with E-state index in [0.29, 0.717) is 24.8 Å². The Balaban J connectivity index is 1.88. The van der Waals surface area contributed by atoms with Crippen molar-refractivity contribution in [2.24, 2.45) is 11.8 Å². The van der Waals surface area contributed by atoms with Gasteiger partial charge in [-0.1, -0.05) is 20.3 Å². The Morgan fingerprint density at radius 2 is 2.13 bits per heavy atom. The highest BCUT2D eigenvalue weighted by Gasteiger charge is 2.21. The third-order valence-corrected chi connectivity index (χ3v) is 4.75. The molecule has 0 aromatic carbocycles. The number of nitrogens with one attached hydrogen (secondary N) is 1. The molecule has 0 spiro atoms. The molecule has 0 saturated heterocycles. The quantitative estimate of drug-likeness (QED) is 0.845. The molecule has 5 nitrogen and oxygen atoms in total. The van der Waals surface area contributed by atoms with Gasteiger partial charge in [0.1, 0.15) is 0 Å². The van der Waals surface area contributed by atoms with Crippen molar-refractivity contribution in [1.29, 1.82) is 0 Å². The van der Waals surface area contributed by atoms with Gasteiger partial charge in [-0.3, -0.25) is 9.48 Å². The monoisotopic (exact) mass is 321 g/mol. The van der Waals surface area contributed by atoms with Crippen LogP contribution in [0, 0.1) is 25.7 Å². The van der Waals surface area contributed by atoms with Gasteiger partial charge >= 0.3 is 0 Å². The van der Waals surface area contributed by atoms with Gasteiger partial charge in [-0.05, 0) is 44.9 Å². The molecule has 1 fully saturated rings. The lowest BCUT2D eigenvalue weighted by Crippen LogP contribution is -2.33. The van der Waals surface area contributed by atoms with E-state index in [1.54, 1.807) is 0 Å². The van der Waals surface area contributed by atoms with Gasteiger partial charge in [0, 0.05) is 24.3 Å². The van der Waals surface area contributed by atoms with Gasteiger partial charge < -0.3 is 10.4 Å². The summed E-state index contributed by atoms with van der Waals surface area (Å²) >= 11 is 0. The SMILES string of the molecule is Cc1nn(CC(C)C)c(C)c1CC(=O)NCC1CCCC(O)C1. The van der Waals surface area contributed by atoms with E-state index in [9.17, 15) is 9.90 Å². The van der Waals surface area contributed by atoms with Crippen LogP contribution in [0.4, 0.5) is 0 Å². The van der Waals surface area contributed by atoms with Gasteiger partial charge in [-0.15, -0.1) is 0 Å². The minimum Gasteiger partial charge on any atom is -0.393 e. The van der Waals surface area contributed by atoms with Crippen molar-refractivity contribution in [3.05, 3.63) is 17.0 Å². The smallest absolute Gasteiger partial charge is 0.224 e. The number of hydrogen-bond donors (Lipinski definition) is 2. The van der Waals surface area contributed by atoms with Crippen molar-refractivity contribution < 1.29 is 9.90 Å². The number of aliphatic hydroxyl groups excluding tert-OH is 1. The molecule has 130 valence electrons. The first kappa shape index (κ1) is 18.0. The van der Waals surface area contributed by atoms with E-state index in [1.165, 1.54) is 0 Å². The highest BCUT2D eigenvalue weighted by molar-refractivity contribution is 5.79. The fourth-order valence-corrected chi connectivity index (χ4v) is 3.44. The predicted molar refractivity (Wildman–Crippen MR) is 91.2 cm³/mol. The fraction of sp³-hybridized carbons (Fsp3) is 0.778. The number of amides is 1. The van der Waals surface area contributed by atoms with Crippen molar-refractivity contribution in [1.82, 2.24) is 15.1 Å². The second-order valence-corrected chi connectivity index (χ2v) is 7.39. The normalized spacial score (nSPS) is 21.7. The molecule has 0 radical (unpaired) electrons. The molecule has 2 N–H and O–H groups in total. The molecule has 2 rings (SSSR count). The number of aliphatic hydroxyl groups is 1. The van der Waals surface area contributed by atoms with E-state index in [1.807, 2.05) is 18.5 Å². The van der Waals surface area contributed by atoms with E-state index in [0.717, 1.165) is 49.2 Å². The molecule has 2 unspecified atom stereocenters. The van der Waals surface area contributed by atoms with Crippen LogP contribution in [0.5, 0.6) is 0 Å². The molecule has 1 saturated carbocycles. The van der Waals surface area contributed by atoms with Crippen LogP contribution in [0.2, 0.25) is 0 Å². The molecular formula is C18H31N3O2. The lowest BCUT2D eigenvalue weighted by molar-refractivity contribution is -0.120. The molecule has 1 heterocycles. The maximum atomic E-state index is 12.3. The largest absolute Gasteiger partial charge is 0.393 e. The van der Waals surface area contributed by atoms with Gasteiger partial charge in [0.2, 0.25) is 5.91 Å². The molecule has 1 aliphatic carbocycles. The van der Waals surface area contributed by atoms with Crippen molar-refractivity contribution >= 4 is 5.91 Å². The molecule has 1 aliphatic rings. The standard InChI is InChI=1S/C18H31N3O2/c1-12(2)11-21-14(4)17(13(3)20-21)9-18(23)19-10-15-6-5-7-16(22)8-15/h12,15-16,22H,5-11H2,1-4H3,(H,19,23). The molecule has 0 aliphatic heterocycles. The van der Waals surface area contributed by atoms with Crippen LogP contribution >= 0.6 is 0 Å². The number of rotatable bonds is 6. The number of aromatic nitrogens is 2. The molecular weight excluding hydrogens is 290 g/mol. The number of nitrogens with zero attached hydrogens (tertiary/aromatic N) is 2. The Morgan fingerprint density at radius 1 is 1.39 bits per heavy atom. The average molecular weight is 321 g/mol. The molecule has 1 amide bonds. The molecule has 2 atom stereocenters. The number of hydrogen-bond acceptors (Lipinski definition) is 3. The van der Waals surface area contributed by atoms with E-state index < -0.39 is 0 Å². The van der Waals surface area contributed by atoms with Crippen LogP contribution in [0.25, 0.3) is 0 Å². The zero-order chi connectivity index (χ0) is 17.0. The van der Waals surface area contributed by atoms with Crippen LogP contribution in [0.15, 0.2) is 0 Å². The van der Waals surface area contributed by atoms with Crippen LogP contribution in [0.3, 0.4) is 0 Å². The van der Waals surface area contributed by atoms with Gasteiger partial charge in [-0.2, -0.15) is 5.10 Å². The highest BCUT2D eigenvalue weighted by Crippen LogP contribution is 2.23. The summed E-state index contributed by atoms with van der Waals surface area (Å²) in [5.41, 5.74) is 3.10. The summed E-state index contributed by atoms with van der Waals surface area (Å²) in [6.45, 7) is 9.91. The van der Waals surface area contributed by atoms with Gasteiger partial charge in [-0.25, -0.2) is 0 Å². The minimum absolute atomic E-state index is 0.0559. The molecule has 5 heteroatoms. The van der Waals surface area contributed by atoms with Gasteiger partial charge in [0.15, 0.2) is 0 Å². The first-order valence-corrected chi connectivity index (χ1v) is 8.84. The number of aryl methyl sites for hydroxylation is 1. The lowest BCUT2D eigenvalue weighted by atomic mass is 9.87. The van der Waals surface area contributed by atoms with Gasteiger partial charge in [0.25, 0.3) is 0 Å². The molecule has 23 heavy (non-hydrogen) atoms. The Hall–Kier alpha value is -1.36. The maximum absolute atomic E-state index is 12.3. The lowest BCUT2D eigenvalue weighted by Gasteiger charge is -2.25. The van der Waals surface area contributed by atoms with Crippen LogP contribution in [0.1, 0.15) is 56.5 Å². The Bertz CT molecular complexity index is 537. The molecule has 1 aromatic rings. The van der Waals surface area contributed by atoms with E-state index in [2.05, 4.69) is 24.3 Å². The molecule has 0 bridgehead atoms. The number of carbonyl (C=O) groups excluding carboxylic acids is 1. The van der Waals surface area contributed by atoms with Crippen molar-refractivity contribution in [2.75, 3.05) is 6.54 Å². The van der Waals surface area contributed by atoms with Crippen LogP contribution in [-0.4, -0.2) is 33.4 Å². The second kappa shape index (κ2) is 7.95. The van der Waals surface area contributed by atoms with Gasteiger partial charge in [0.05, 0.1) is 18.2 Å². The summed E-state index contributed by atoms with van der Waals surface area (Å²) in [6, 6.07) is 0. The topological polar surface area (TPSA) is 67.2 Å². The third-order valence-electron chi connectivity index (χ3n) is 4.75. The first-order chi connectivity index (χ1) is 10.9. The van der Waals surface area contributed by atoms with Crippen LogP contribution < -0.4 is 5.32 Å². The van der Waals surface area contributed by atoms with Crippen molar-refractivity contribution in [2.45, 2.75) is 72.4 Å². The van der Waals surface area contributed by atoms with E-state index >= 15 is 0 Å². The Labute approximate surface area is 139 Å². The first-order valence-electron chi connectivity index (χ1n) is 8.84. The highest BCUT2D eigenvalue weighted by atomic mass is 16.3. The third kappa shape index (κ3) is 5.06. The average Bonchev–Trinajstić information content (AvgIpc) is 2.72. The minimum atomic E-state index is -0.190. The van der Waals surface area contributed by atoms with E-state index in [-0.39, 0.29) is 12.0 Å². The predicted octanol–water partition coefficient (Wildman–Crippen LogP) is 2.37. The van der Waals surface area contributed by atoms with Crippen LogP contribution in [-0.2, 0) is 17.8 Å². The summed E-state index contributed by atoms with van der Waals surface area (Å²) in [6.07, 6.45) is 4.07. The summed E-state index contributed by atoms with van der Waals surface area (Å²) in [4.78, 5) is 12.3. The number of carbonyl (C=O) groups is 1. The maximum Gasteiger partial charge on any atom is 0.224 e. The summed E-state index contributed by atoms with van der Waals surface area (Å²) in [7, 11) is 0. The van der Waals surface area contributed by atoms with E-state index in [4.69, 9.17) is 0 Å². The Kier molecular flexibility index (Phi) is 6.22. The molecule has 1 aromatic heterocycles. The zero-order valence-electron chi connectivity index (χ0n) is 14.9. The zero-order valence-corrected chi connectivity index (χ0v) is 14.9. The van der Waals surface area contributed by atoms with Crippen molar-refractivity contribution in [3.63, 3.8) is 0 Å². The second-order valence-electron chi connectivity index (χ2n) is 7.39. The summed E-state index contributed by atoms with van der Waals surface area (Å²) in [5, 5.41) is 17.3.